The Kier molecular flexibility index (Phi) is 3.51. The van der Waals surface area contributed by atoms with Gasteiger partial charge in [0.2, 0.25) is 5.91 Å². The minimum Gasteiger partial charge on any atom is -0.353 e. The van der Waals surface area contributed by atoms with Crippen LogP contribution in [0, 0.1) is 0 Å². The van der Waals surface area contributed by atoms with Crippen LogP contribution in [0.15, 0.2) is 18.2 Å². The first-order chi connectivity index (χ1) is 8.06. The summed E-state index contributed by atoms with van der Waals surface area (Å²) in [6.45, 7) is 6.03. The highest BCUT2D eigenvalue weighted by molar-refractivity contribution is 5.73. The van der Waals surface area contributed by atoms with Gasteiger partial charge in [0, 0.05) is 13.0 Å². The molecular formula is C15H21NO. The molecule has 92 valence electrons. The fourth-order valence-corrected chi connectivity index (χ4v) is 2.55. The van der Waals surface area contributed by atoms with Crippen molar-refractivity contribution in [1.29, 1.82) is 0 Å². The van der Waals surface area contributed by atoms with Gasteiger partial charge < -0.3 is 5.32 Å². The number of amides is 1. The standard InChI is InChI=1S/C15H21NO/c1-10(2)13-5-4-12-6-7-15(16-11(3)17)9-14(12)8-13/h4-5,8,10,15H,6-7,9H2,1-3H3,(H,16,17). The molecule has 0 saturated carbocycles. The van der Waals surface area contributed by atoms with Crippen LogP contribution in [0.25, 0.3) is 0 Å². The Morgan fingerprint density at radius 2 is 2.12 bits per heavy atom. The van der Waals surface area contributed by atoms with E-state index in [1.54, 1.807) is 6.92 Å². The van der Waals surface area contributed by atoms with E-state index in [0.29, 0.717) is 12.0 Å². The second-order valence-corrected chi connectivity index (χ2v) is 5.32. The molecule has 1 aromatic carbocycles. The molecule has 1 N–H and O–H groups in total. The van der Waals surface area contributed by atoms with Gasteiger partial charge in [-0.3, -0.25) is 4.79 Å². The summed E-state index contributed by atoms with van der Waals surface area (Å²) in [5, 5.41) is 3.03. The van der Waals surface area contributed by atoms with Crippen molar-refractivity contribution in [3.63, 3.8) is 0 Å². The summed E-state index contributed by atoms with van der Waals surface area (Å²) >= 11 is 0. The van der Waals surface area contributed by atoms with Gasteiger partial charge >= 0.3 is 0 Å². The van der Waals surface area contributed by atoms with Crippen molar-refractivity contribution in [2.24, 2.45) is 0 Å². The van der Waals surface area contributed by atoms with Gasteiger partial charge in [0.15, 0.2) is 0 Å². The third-order valence-electron chi connectivity index (χ3n) is 3.53. The number of fused-ring (bicyclic) bond motifs is 1. The average molecular weight is 231 g/mol. The number of hydrogen-bond acceptors (Lipinski definition) is 1. The fraction of sp³-hybridized carbons (Fsp3) is 0.533. The molecule has 17 heavy (non-hydrogen) atoms. The molecule has 0 fully saturated rings. The minimum absolute atomic E-state index is 0.0819. The van der Waals surface area contributed by atoms with Gasteiger partial charge in [0.05, 0.1) is 0 Å². The van der Waals surface area contributed by atoms with Gasteiger partial charge in [-0.25, -0.2) is 0 Å². The zero-order chi connectivity index (χ0) is 12.4. The number of carbonyl (C=O) groups is 1. The molecule has 2 nitrogen and oxygen atoms in total. The SMILES string of the molecule is CC(=O)NC1CCc2ccc(C(C)C)cc2C1. The molecule has 1 unspecified atom stereocenters. The van der Waals surface area contributed by atoms with E-state index in [9.17, 15) is 4.79 Å². The van der Waals surface area contributed by atoms with Crippen LogP contribution in [0.5, 0.6) is 0 Å². The third-order valence-corrected chi connectivity index (χ3v) is 3.53. The monoisotopic (exact) mass is 231 g/mol. The second kappa shape index (κ2) is 4.91. The maximum atomic E-state index is 11.1. The largest absolute Gasteiger partial charge is 0.353 e. The van der Waals surface area contributed by atoms with Gasteiger partial charge in [0.25, 0.3) is 0 Å². The lowest BCUT2D eigenvalue weighted by atomic mass is 9.85. The van der Waals surface area contributed by atoms with E-state index in [0.717, 1.165) is 19.3 Å². The summed E-state index contributed by atoms with van der Waals surface area (Å²) in [5.41, 5.74) is 4.27. The van der Waals surface area contributed by atoms with Gasteiger partial charge in [-0.2, -0.15) is 0 Å². The Balaban J connectivity index is 2.17. The van der Waals surface area contributed by atoms with Crippen LogP contribution < -0.4 is 5.32 Å². The summed E-state index contributed by atoms with van der Waals surface area (Å²) in [6.07, 6.45) is 3.13. The first-order valence-electron chi connectivity index (χ1n) is 6.45. The molecule has 0 aromatic heterocycles. The highest BCUT2D eigenvalue weighted by Gasteiger charge is 2.19. The summed E-state index contributed by atoms with van der Waals surface area (Å²) in [6, 6.07) is 7.13. The molecule has 1 amide bonds. The number of nitrogens with one attached hydrogen (secondary N) is 1. The quantitative estimate of drug-likeness (QED) is 0.833. The molecule has 1 atom stereocenters. The normalized spacial score (nSPS) is 18.9. The molecule has 0 radical (unpaired) electrons. The number of rotatable bonds is 2. The molecule has 2 rings (SSSR count). The first-order valence-corrected chi connectivity index (χ1v) is 6.45. The maximum Gasteiger partial charge on any atom is 0.217 e. The maximum absolute atomic E-state index is 11.1. The summed E-state index contributed by atoms with van der Waals surface area (Å²) in [5.74, 6) is 0.653. The number of benzene rings is 1. The van der Waals surface area contributed by atoms with Crippen LogP contribution in [-0.4, -0.2) is 11.9 Å². The van der Waals surface area contributed by atoms with Crippen LogP contribution in [0.2, 0.25) is 0 Å². The average Bonchev–Trinajstić information content (AvgIpc) is 2.27. The Hall–Kier alpha value is -1.31. The van der Waals surface area contributed by atoms with Crippen molar-refractivity contribution < 1.29 is 4.79 Å². The first kappa shape index (κ1) is 12.2. The molecule has 1 aromatic rings. The zero-order valence-electron chi connectivity index (χ0n) is 10.9. The van der Waals surface area contributed by atoms with E-state index in [-0.39, 0.29) is 5.91 Å². The summed E-state index contributed by atoms with van der Waals surface area (Å²) in [4.78, 5) is 11.1. The molecule has 2 heteroatoms. The Morgan fingerprint density at radius 1 is 1.35 bits per heavy atom. The van der Waals surface area contributed by atoms with Crippen LogP contribution in [0.1, 0.15) is 49.8 Å². The van der Waals surface area contributed by atoms with E-state index in [4.69, 9.17) is 0 Å². The van der Waals surface area contributed by atoms with Crippen molar-refractivity contribution in [1.82, 2.24) is 5.32 Å². The lowest BCUT2D eigenvalue weighted by Gasteiger charge is -2.26. The predicted octanol–water partition coefficient (Wildman–Crippen LogP) is 2.80. The van der Waals surface area contributed by atoms with Crippen LogP contribution in [0.3, 0.4) is 0 Å². The Bertz CT molecular complexity index is 423. The Labute approximate surface area is 103 Å². The molecular weight excluding hydrogens is 210 g/mol. The fourth-order valence-electron chi connectivity index (χ4n) is 2.55. The Morgan fingerprint density at radius 3 is 2.76 bits per heavy atom. The number of hydrogen-bond donors (Lipinski definition) is 1. The lowest BCUT2D eigenvalue weighted by Crippen LogP contribution is -2.37. The van der Waals surface area contributed by atoms with Crippen LogP contribution in [-0.2, 0) is 17.6 Å². The van der Waals surface area contributed by atoms with E-state index >= 15 is 0 Å². The van der Waals surface area contributed by atoms with Crippen molar-refractivity contribution in [2.45, 2.75) is 52.0 Å². The minimum atomic E-state index is 0.0819. The molecule has 1 aliphatic rings. The molecule has 1 aliphatic carbocycles. The topological polar surface area (TPSA) is 29.1 Å². The van der Waals surface area contributed by atoms with Crippen molar-refractivity contribution in [3.8, 4) is 0 Å². The van der Waals surface area contributed by atoms with E-state index in [1.807, 2.05) is 0 Å². The predicted molar refractivity (Wildman–Crippen MR) is 70.2 cm³/mol. The molecule has 0 aliphatic heterocycles. The molecule has 0 saturated heterocycles. The van der Waals surface area contributed by atoms with Crippen molar-refractivity contribution >= 4 is 5.91 Å². The summed E-state index contributed by atoms with van der Waals surface area (Å²) in [7, 11) is 0. The number of carbonyl (C=O) groups excluding carboxylic acids is 1. The molecule has 0 bridgehead atoms. The van der Waals surface area contributed by atoms with Gasteiger partial charge in [0.1, 0.15) is 0 Å². The lowest BCUT2D eigenvalue weighted by molar-refractivity contribution is -0.119. The second-order valence-electron chi connectivity index (χ2n) is 5.32. The van der Waals surface area contributed by atoms with Gasteiger partial charge in [-0.05, 0) is 41.9 Å². The van der Waals surface area contributed by atoms with Crippen LogP contribution >= 0.6 is 0 Å². The van der Waals surface area contributed by atoms with Crippen molar-refractivity contribution in [2.75, 3.05) is 0 Å². The number of aryl methyl sites for hydroxylation is 1. The zero-order valence-corrected chi connectivity index (χ0v) is 10.9. The highest BCUT2D eigenvalue weighted by Crippen LogP contribution is 2.25. The molecule has 0 spiro atoms. The van der Waals surface area contributed by atoms with E-state index < -0.39 is 0 Å². The van der Waals surface area contributed by atoms with Crippen LogP contribution in [0.4, 0.5) is 0 Å². The van der Waals surface area contributed by atoms with Gasteiger partial charge in [-0.1, -0.05) is 32.0 Å². The van der Waals surface area contributed by atoms with E-state index in [2.05, 4.69) is 37.4 Å². The van der Waals surface area contributed by atoms with Gasteiger partial charge in [-0.15, -0.1) is 0 Å². The van der Waals surface area contributed by atoms with Crippen molar-refractivity contribution in [3.05, 3.63) is 34.9 Å². The van der Waals surface area contributed by atoms with E-state index in [1.165, 1.54) is 16.7 Å². The summed E-state index contributed by atoms with van der Waals surface area (Å²) < 4.78 is 0. The third kappa shape index (κ3) is 2.87. The molecule has 0 heterocycles. The smallest absolute Gasteiger partial charge is 0.217 e. The highest BCUT2D eigenvalue weighted by atomic mass is 16.1.